The molecule has 0 fully saturated rings. The number of fused-ring (bicyclic) bond motifs is 1. The summed E-state index contributed by atoms with van der Waals surface area (Å²) in [4.78, 5) is 0. The first kappa shape index (κ1) is 24.7. The molecule has 174 valence electrons. The predicted octanol–water partition coefficient (Wildman–Crippen LogP) is 6.62. The Kier molecular flexibility index (Phi) is 5.53. The van der Waals surface area contributed by atoms with E-state index in [4.69, 9.17) is 0 Å². The van der Waals surface area contributed by atoms with Crippen molar-refractivity contribution in [3.63, 3.8) is 0 Å². The molecule has 2 aromatic rings. The molecule has 0 amide bonds. The molecule has 0 aromatic heterocycles. The maximum atomic E-state index is 13.9. The van der Waals surface area contributed by atoms with Crippen LogP contribution in [-0.2, 0) is 0 Å². The molecule has 0 heterocycles. The van der Waals surface area contributed by atoms with Gasteiger partial charge in [-0.15, -0.1) is 0 Å². The van der Waals surface area contributed by atoms with E-state index in [1.165, 1.54) is 6.07 Å². The van der Waals surface area contributed by atoms with Gasteiger partial charge in [0.25, 0.3) is 0 Å². The van der Waals surface area contributed by atoms with Crippen molar-refractivity contribution in [1.82, 2.24) is 0 Å². The number of hydrogen-bond acceptors (Lipinski definition) is 2. The third kappa shape index (κ3) is 3.46. The van der Waals surface area contributed by atoms with Crippen LogP contribution in [0, 0.1) is 0 Å². The summed E-state index contributed by atoms with van der Waals surface area (Å²) < 4.78 is 174. The van der Waals surface area contributed by atoms with E-state index >= 15 is 0 Å². The van der Waals surface area contributed by atoms with Gasteiger partial charge in [-0.2, -0.15) is 57.1 Å². The summed E-state index contributed by atoms with van der Waals surface area (Å²) in [5.41, 5.74) is 0. The van der Waals surface area contributed by atoms with Gasteiger partial charge in [0.2, 0.25) is 0 Å². The Bertz CT molecular complexity index is 966. The van der Waals surface area contributed by atoms with Gasteiger partial charge in [0.1, 0.15) is 11.5 Å². The Morgan fingerprint density at radius 1 is 0.548 bits per heavy atom. The third-order valence-electron chi connectivity index (χ3n) is 4.00. The lowest BCUT2D eigenvalue weighted by Crippen LogP contribution is -2.70. The summed E-state index contributed by atoms with van der Waals surface area (Å²) >= 11 is 0. The van der Waals surface area contributed by atoms with Crippen LogP contribution in [0.3, 0.4) is 0 Å². The van der Waals surface area contributed by atoms with Crippen LogP contribution in [0.2, 0.25) is 0 Å². The van der Waals surface area contributed by atoms with Crippen molar-refractivity contribution in [2.75, 3.05) is 0 Å². The summed E-state index contributed by atoms with van der Waals surface area (Å²) in [5.74, 6) is -33.4. The Morgan fingerprint density at radius 2 is 1.00 bits per heavy atom. The standard InChI is InChI=1S/C16H7F13O2/c17-11(18,13(21,22)15(25,26)27)12(19,20)14(23,24)16(28,29)31-10-6-5-9(30)7-3-1-2-4-8(7)10/h1-6,30H. The van der Waals surface area contributed by atoms with Crippen LogP contribution in [-0.4, -0.2) is 41.1 Å². The Morgan fingerprint density at radius 3 is 1.48 bits per heavy atom. The zero-order valence-electron chi connectivity index (χ0n) is 14.2. The van der Waals surface area contributed by atoms with E-state index in [1.54, 1.807) is 0 Å². The van der Waals surface area contributed by atoms with E-state index in [2.05, 4.69) is 4.74 Å². The lowest BCUT2D eigenvalue weighted by atomic mass is 9.97. The molecular formula is C16H7F13O2. The number of halogens is 13. The third-order valence-corrected chi connectivity index (χ3v) is 4.00. The summed E-state index contributed by atoms with van der Waals surface area (Å²) in [5, 5.41) is 8.56. The molecule has 0 atom stereocenters. The van der Waals surface area contributed by atoms with Crippen molar-refractivity contribution in [2.45, 2.75) is 36.0 Å². The number of alkyl halides is 13. The van der Waals surface area contributed by atoms with Gasteiger partial charge in [-0.3, -0.25) is 0 Å². The summed E-state index contributed by atoms with van der Waals surface area (Å²) in [6.07, 6.45) is -14.2. The fourth-order valence-electron chi connectivity index (χ4n) is 2.30. The van der Waals surface area contributed by atoms with Crippen LogP contribution < -0.4 is 4.74 Å². The maximum absolute atomic E-state index is 13.9. The van der Waals surface area contributed by atoms with Crippen LogP contribution >= 0.6 is 0 Å². The van der Waals surface area contributed by atoms with Crippen molar-refractivity contribution in [3.05, 3.63) is 36.4 Å². The normalized spacial score (nSPS) is 14.7. The molecule has 0 aliphatic rings. The molecule has 0 aliphatic heterocycles. The van der Waals surface area contributed by atoms with Crippen molar-refractivity contribution in [1.29, 1.82) is 0 Å². The maximum Gasteiger partial charge on any atom is 0.471 e. The second-order valence-corrected chi connectivity index (χ2v) is 6.04. The number of rotatable bonds is 6. The smallest absolute Gasteiger partial charge is 0.471 e. The first-order valence-corrected chi connectivity index (χ1v) is 7.58. The fourth-order valence-corrected chi connectivity index (χ4v) is 2.30. The molecular weight excluding hydrogens is 471 g/mol. The highest BCUT2D eigenvalue weighted by Crippen LogP contribution is 2.60. The Balaban J connectivity index is 2.56. The molecule has 0 saturated carbocycles. The van der Waals surface area contributed by atoms with E-state index in [0.717, 1.165) is 18.2 Å². The lowest BCUT2D eigenvalue weighted by molar-refractivity contribution is -0.456. The van der Waals surface area contributed by atoms with Crippen LogP contribution in [0.4, 0.5) is 57.1 Å². The molecule has 2 nitrogen and oxygen atoms in total. The zero-order chi connectivity index (χ0) is 24.3. The molecule has 0 unspecified atom stereocenters. The molecule has 1 N–H and O–H groups in total. The molecule has 15 heteroatoms. The second-order valence-electron chi connectivity index (χ2n) is 6.04. The van der Waals surface area contributed by atoms with Crippen LogP contribution in [0.5, 0.6) is 11.5 Å². The minimum absolute atomic E-state index is 0.322. The van der Waals surface area contributed by atoms with Gasteiger partial charge < -0.3 is 9.84 Å². The van der Waals surface area contributed by atoms with Crippen molar-refractivity contribution in [3.8, 4) is 11.5 Å². The fraction of sp³-hybridized carbons (Fsp3) is 0.375. The average molecular weight is 478 g/mol. The molecule has 0 radical (unpaired) electrons. The van der Waals surface area contributed by atoms with Crippen molar-refractivity contribution >= 4 is 10.8 Å². The minimum atomic E-state index is -8.01. The zero-order valence-corrected chi connectivity index (χ0v) is 14.2. The van der Waals surface area contributed by atoms with Crippen molar-refractivity contribution in [2.24, 2.45) is 0 Å². The van der Waals surface area contributed by atoms with Gasteiger partial charge in [0.15, 0.2) is 0 Å². The highest BCUT2D eigenvalue weighted by Gasteiger charge is 2.91. The Hall–Kier alpha value is -2.61. The summed E-state index contributed by atoms with van der Waals surface area (Å²) in [7, 11) is 0. The number of hydrogen-bond donors (Lipinski definition) is 1. The topological polar surface area (TPSA) is 29.5 Å². The van der Waals surface area contributed by atoms with E-state index in [1.807, 2.05) is 0 Å². The Labute approximate surface area is 162 Å². The van der Waals surface area contributed by atoms with Gasteiger partial charge >= 0.3 is 36.0 Å². The molecule has 0 bridgehead atoms. The first-order chi connectivity index (χ1) is 13.7. The van der Waals surface area contributed by atoms with Gasteiger partial charge in [-0.25, -0.2) is 0 Å². The monoisotopic (exact) mass is 478 g/mol. The number of phenols is 1. The minimum Gasteiger partial charge on any atom is -0.507 e. The second kappa shape index (κ2) is 6.95. The highest BCUT2D eigenvalue weighted by atomic mass is 19.4. The number of phenolic OH excluding ortho intramolecular Hbond substituents is 1. The molecule has 2 rings (SSSR count). The molecule has 0 aliphatic carbocycles. The molecule has 0 spiro atoms. The first-order valence-electron chi connectivity index (χ1n) is 7.58. The molecule has 0 saturated heterocycles. The van der Waals surface area contributed by atoms with E-state index in [9.17, 15) is 62.2 Å². The van der Waals surface area contributed by atoms with Crippen LogP contribution in [0.1, 0.15) is 0 Å². The molecule has 2 aromatic carbocycles. The van der Waals surface area contributed by atoms with E-state index in [0.29, 0.717) is 12.1 Å². The summed E-state index contributed by atoms with van der Waals surface area (Å²) in [6.45, 7) is 0. The van der Waals surface area contributed by atoms with Crippen LogP contribution in [0.25, 0.3) is 10.8 Å². The van der Waals surface area contributed by atoms with Gasteiger partial charge in [0, 0.05) is 10.8 Å². The number of benzene rings is 2. The molecule has 31 heavy (non-hydrogen) atoms. The van der Waals surface area contributed by atoms with E-state index in [-0.39, 0.29) is 5.39 Å². The number of aromatic hydroxyl groups is 1. The largest absolute Gasteiger partial charge is 0.507 e. The highest BCUT2D eigenvalue weighted by molar-refractivity contribution is 5.93. The lowest BCUT2D eigenvalue weighted by Gasteiger charge is -2.39. The predicted molar refractivity (Wildman–Crippen MR) is 77.0 cm³/mol. The number of ether oxygens (including phenoxy) is 1. The van der Waals surface area contributed by atoms with Gasteiger partial charge in [0.05, 0.1) is 0 Å². The van der Waals surface area contributed by atoms with Crippen LogP contribution in [0.15, 0.2) is 36.4 Å². The average Bonchev–Trinajstić information content (AvgIpc) is 2.62. The summed E-state index contributed by atoms with van der Waals surface area (Å²) in [6, 6.07) is 4.99. The van der Waals surface area contributed by atoms with Crippen molar-refractivity contribution < 1.29 is 66.9 Å². The van der Waals surface area contributed by atoms with E-state index < -0.39 is 52.9 Å². The van der Waals surface area contributed by atoms with Gasteiger partial charge in [-0.05, 0) is 12.1 Å². The SMILES string of the molecule is Oc1ccc(OC(F)(F)C(F)(F)C(F)(F)C(F)(F)C(F)(F)C(F)(F)F)c2ccccc12. The quantitative estimate of drug-likeness (QED) is 0.473. The van der Waals surface area contributed by atoms with Gasteiger partial charge in [-0.1, -0.05) is 24.3 Å².